The Labute approximate surface area is 162 Å². The summed E-state index contributed by atoms with van der Waals surface area (Å²) in [5.74, 6) is -6.85. The number of aromatic hydroxyl groups is 3. The second kappa shape index (κ2) is 6.97. The Kier molecular flexibility index (Phi) is 4.65. The first-order valence-corrected chi connectivity index (χ1v) is 7.99. The maximum absolute atomic E-state index is 12.5. The van der Waals surface area contributed by atoms with Crippen molar-refractivity contribution in [1.29, 1.82) is 0 Å². The number of aromatic carboxylic acids is 1. The summed E-state index contributed by atoms with van der Waals surface area (Å²) >= 11 is 0. The average molecular weight is 396 g/mol. The number of carboxylic acids is 2. The molecule has 0 unspecified atom stereocenters. The molecular weight excluding hydrogens is 384 g/mol. The molecule has 1 aliphatic rings. The molecule has 2 aromatic rings. The van der Waals surface area contributed by atoms with E-state index in [1.54, 1.807) is 0 Å². The Morgan fingerprint density at radius 1 is 0.793 bits per heavy atom. The summed E-state index contributed by atoms with van der Waals surface area (Å²) in [6.07, 6.45) is 4.40. The minimum atomic E-state index is -1.50. The van der Waals surface area contributed by atoms with E-state index in [0.717, 1.165) is 30.4 Å². The van der Waals surface area contributed by atoms with Crippen molar-refractivity contribution in [1.82, 2.24) is 0 Å². The second-order valence-corrected chi connectivity index (χ2v) is 6.02. The van der Waals surface area contributed by atoms with Crippen LogP contribution in [0.5, 0.6) is 17.2 Å². The number of allylic oxidation sites excluding steroid dienone is 2. The molecule has 0 radical (unpaired) electrons. The summed E-state index contributed by atoms with van der Waals surface area (Å²) in [7, 11) is 0. The van der Waals surface area contributed by atoms with E-state index in [4.69, 9.17) is 5.11 Å². The lowest BCUT2D eigenvalue weighted by molar-refractivity contribution is -0.131. The van der Waals surface area contributed by atoms with Crippen LogP contribution in [0.1, 0.15) is 36.6 Å². The molecule has 0 amide bonds. The third-order valence-corrected chi connectivity index (χ3v) is 4.25. The van der Waals surface area contributed by atoms with Gasteiger partial charge in [-0.25, -0.2) is 9.59 Å². The zero-order valence-corrected chi connectivity index (χ0v) is 14.4. The lowest BCUT2D eigenvalue weighted by Gasteiger charge is -2.21. The van der Waals surface area contributed by atoms with Gasteiger partial charge in [-0.1, -0.05) is 18.2 Å². The van der Waals surface area contributed by atoms with Crippen molar-refractivity contribution in [2.75, 3.05) is 0 Å². The number of fused-ring (bicyclic) bond motifs is 3. The lowest BCUT2D eigenvalue weighted by atomic mass is 9.81. The van der Waals surface area contributed by atoms with E-state index >= 15 is 0 Å². The largest absolute Gasteiger partial charge is 0.507 e. The van der Waals surface area contributed by atoms with Crippen LogP contribution < -0.4 is 0 Å². The number of benzene rings is 2. The van der Waals surface area contributed by atoms with Crippen LogP contribution in [0.2, 0.25) is 0 Å². The molecule has 29 heavy (non-hydrogen) atoms. The molecule has 146 valence electrons. The molecule has 0 bridgehead atoms. The quantitative estimate of drug-likeness (QED) is 0.225. The number of phenols is 3. The number of hydrogen-bond acceptors (Lipinski definition) is 7. The maximum atomic E-state index is 12.5. The minimum Gasteiger partial charge on any atom is -0.507 e. The molecule has 9 nitrogen and oxygen atoms in total. The average Bonchev–Trinajstić information content (AvgIpc) is 2.65. The fourth-order valence-corrected chi connectivity index (χ4v) is 2.99. The molecule has 5 N–H and O–H groups in total. The topological polar surface area (TPSA) is 169 Å². The van der Waals surface area contributed by atoms with Crippen LogP contribution in [-0.4, -0.2) is 49.0 Å². The molecule has 0 fully saturated rings. The standard InChI is InChI=1S/C20H12O9/c21-12-7-10-9(6-11(12)20(28)29)15-13(22)5-8(3-1-2-4-14(23)24)17(25)16(15)19(27)18(10)26/h1-7,21-22,25H,(H,23,24)(H,28,29). The molecule has 9 heteroatoms. The summed E-state index contributed by atoms with van der Waals surface area (Å²) in [5, 5.41) is 48.4. The normalized spacial score (nSPS) is 13.0. The zero-order valence-electron chi connectivity index (χ0n) is 14.4. The van der Waals surface area contributed by atoms with Gasteiger partial charge in [0.05, 0.1) is 5.56 Å². The van der Waals surface area contributed by atoms with Gasteiger partial charge in [0.1, 0.15) is 22.8 Å². The van der Waals surface area contributed by atoms with Crippen LogP contribution in [0.4, 0.5) is 0 Å². The number of carbonyl (C=O) groups excluding carboxylic acids is 2. The molecular formula is C20H12O9. The van der Waals surface area contributed by atoms with Crippen molar-refractivity contribution in [3.8, 4) is 28.4 Å². The number of phenolic OH excluding ortho intramolecular Hbond substituents is 2. The first-order chi connectivity index (χ1) is 13.6. The van der Waals surface area contributed by atoms with Crippen LogP contribution in [0.3, 0.4) is 0 Å². The molecule has 0 aromatic heterocycles. The number of hydrogen-bond donors (Lipinski definition) is 5. The smallest absolute Gasteiger partial charge is 0.339 e. The highest BCUT2D eigenvalue weighted by Crippen LogP contribution is 2.46. The Bertz CT molecular complexity index is 1170. The van der Waals surface area contributed by atoms with E-state index in [2.05, 4.69) is 0 Å². The van der Waals surface area contributed by atoms with Gasteiger partial charge in [-0.05, 0) is 23.8 Å². The van der Waals surface area contributed by atoms with Gasteiger partial charge < -0.3 is 25.5 Å². The van der Waals surface area contributed by atoms with E-state index in [1.807, 2.05) is 0 Å². The fourth-order valence-electron chi connectivity index (χ4n) is 2.99. The van der Waals surface area contributed by atoms with Crippen molar-refractivity contribution in [2.45, 2.75) is 0 Å². The van der Waals surface area contributed by atoms with E-state index < -0.39 is 51.9 Å². The van der Waals surface area contributed by atoms with Gasteiger partial charge in [-0.2, -0.15) is 0 Å². The Morgan fingerprint density at radius 3 is 2.10 bits per heavy atom. The fraction of sp³-hybridized carbons (Fsp3) is 0. The van der Waals surface area contributed by atoms with Crippen LogP contribution in [0.25, 0.3) is 17.2 Å². The molecule has 2 aromatic carbocycles. The predicted molar refractivity (Wildman–Crippen MR) is 98.3 cm³/mol. The van der Waals surface area contributed by atoms with Gasteiger partial charge >= 0.3 is 11.9 Å². The van der Waals surface area contributed by atoms with Gasteiger partial charge in [0.2, 0.25) is 11.6 Å². The molecule has 0 atom stereocenters. The first kappa shape index (κ1) is 19.4. The van der Waals surface area contributed by atoms with Crippen LogP contribution >= 0.6 is 0 Å². The summed E-state index contributed by atoms with van der Waals surface area (Å²) < 4.78 is 0. The number of rotatable bonds is 4. The Morgan fingerprint density at radius 2 is 1.48 bits per heavy atom. The molecule has 0 saturated heterocycles. The summed E-state index contributed by atoms with van der Waals surface area (Å²) in [6.45, 7) is 0. The Balaban J connectivity index is 2.27. The van der Waals surface area contributed by atoms with Crippen molar-refractivity contribution < 1.29 is 44.7 Å². The molecule has 1 aliphatic carbocycles. The summed E-state index contributed by atoms with van der Waals surface area (Å²) in [6, 6.07) is 2.82. The highest BCUT2D eigenvalue weighted by molar-refractivity contribution is 6.53. The third-order valence-electron chi connectivity index (χ3n) is 4.25. The number of aliphatic carboxylic acids is 1. The van der Waals surface area contributed by atoms with E-state index in [9.17, 15) is 39.6 Å². The van der Waals surface area contributed by atoms with Crippen LogP contribution in [0, 0.1) is 0 Å². The highest BCUT2D eigenvalue weighted by atomic mass is 16.4. The SMILES string of the molecule is O=C(O)C=CC=Cc1cc(O)c2c(c1O)C(=O)C(=O)c1cc(O)c(C(=O)O)cc1-2. The first-order valence-electron chi connectivity index (χ1n) is 7.99. The van der Waals surface area contributed by atoms with Crippen molar-refractivity contribution in [3.63, 3.8) is 0 Å². The summed E-state index contributed by atoms with van der Waals surface area (Å²) in [5.41, 5.74) is -1.84. The van der Waals surface area contributed by atoms with Gasteiger partial charge in [0.25, 0.3) is 0 Å². The van der Waals surface area contributed by atoms with E-state index in [-0.39, 0.29) is 22.3 Å². The number of Topliss-reactive ketones (excluding diaryl/α,β-unsaturated/α-hetero) is 2. The second-order valence-electron chi connectivity index (χ2n) is 6.02. The van der Waals surface area contributed by atoms with Gasteiger partial charge in [0.15, 0.2) is 0 Å². The van der Waals surface area contributed by atoms with Gasteiger partial charge in [-0.15, -0.1) is 0 Å². The van der Waals surface area contributed by atoms with Gasteiger partial charge in [0, 0.05) is 22.8 Å². The lowest BCUT2D eigenvalue weighted by Crippen LogP contribution is -2.22. The molecule has 0 spiro atoms. The van der Waals surface area contributed by atoms with Crippen molar-refractivity contribution >= 4 is 29.6 Å². The van der Waals surface area contributed by atoms with Gasteiger partial charge in [-0.3, -0.25) is 9.59 Å². The third kappa shape index (κ3) is 3.21. The van der Waals surface area contributed by atoms with Crippen molar-refractivity contribution in [2.24, 2.45) is 0 Å². The number of ketones is 2. The monoisotopic (exact) mass is 396 g/mol. The van der Waals surface area contributed by atoms with Crippen molar-refractivity contribution in [3.05, 3.63) is 58.7 Å². The predicted octanol–water partition coefficient (Wildman–Crippen LogP) is 2.20. The number of carbonyl (C=O) groups is 4. The number of carboxylic acid groups (broad SMARTS) is 2. The van der Waals surface area contributed by atoms with Crippen LogP contribution in [0.15, 0.2) is 36.4 Å². The summed E-state index contributed by atoms with van der Waals surface area (Å²) in [4.78, 5) is 46.7. The van der Waals surface area contributed by atoms with Crippen LogP contribution in [-0.2, 0) is 4.79 Å². The van der Waals surface area contributed by atoms with E-state index in [1.165, 1.54) is 12.2 Å². The minimum absolute atomic E-state index is 0.0712. The molecule has 0 heterocycles. The molecule has 0 aliphatic heterocycles. The molecule has 3 rings (SSSR count). The molecule has 0 saturated carbocycles. The Hall–Kier alpha value is -4.40. The van der Waals surface area contributed by atoms with E-state index in [0.29, 0.717) is 0 Å². The maximum Gasteiger partial charge on any atom is 0.339 e. The highest BCUT2D eigenvalue weighted by Gasteiger charge is 2.37. The zero-order chi connectivity index (χ0) is 21.5.